The standard InChI is InChI=1S/C60H108O6/c1-4-7-10-13-16-19-22-25-27-29-30-32-33-35-38-41-44-47-50-53-59(62)65-56-57(55-64-58(61)52-49-46-43-40-37-24-21-18-15-12-9-6-3)66-60(63)54-51-48-45-42-39-36-34-31-28-26-23-20-17-14-11-8-5-2/h8,11,17,20,26,28,34,36,57H,4-7,9-10,12-16,18-19,21-25,27,29-33,35,37-56H2,1-3H3/b11-8-,20-17-,28-26-,36-34-/t57-/m0/s1. The first-order chi connectivity index (χ1) is 32.5. The molecule has 0 aromatic carbocycles. The maximum atomic E-state index is 12.8. The third-order valence-corrected chi connectivity index (χ3v) is 12.6. The quantitative estimate of drug-likeness (QED) is 0.0262. The van der Waals surface area contributed by atoms with Crippen LogP contribution in [-0.2, 0) is 28.6 Å². The number of allylic oxidation sites excluding steroid dienone is 8. The summed E-state index contributed by atoms with van der Waals surface area (Å²) < 4.78 is 16.8. The molecular formula is C60H108O6. The van der Waals surface area contributed by atoms with Crippen LogP contribution in [0.2, 0.25) is 0 Å². The Morgan fingerprint density at radius 2 is 0.591 bits per heavy atom. The van der Waals surface area contributed by atoms with E-state index in [0.717, 1.165) is 96.3 Å². The number of esters is 3. The first-order valence-corrected chi connectivity index (χ1v) is 28.6. The van der Waals surface area contributed by atoms with E-state index in [1.807, 2.05) is 0 Å². The lowest BCUT2D eigenvalue weighted by atomic mass is 10.0. The molecule has 384 valence electrons. The maximum absolute atomic E-state index is 12.8. The Hall–Kier alpha value is -2.63. The van der Waals surface area contributed by atoms with Crippen molar-refractivity contribution in [2.24, 2.45) is 0 Å². The average Bonchev–Trinajstić information content (AvgIpc) is 3.31. The van der Waals surface area contributed by atoms with Crippen molar-refractivity contribution in [3.63, 3.8) is 0 Å². The monoisotopic (exact) mass is 925 g/mol. The number of unbranched alkanes of at least 4 members (excludes halogenated alkanes) is 33. The largest absolute Gasteiger partial charge is 0.462 e. The molecule has 0 aliphatic rings. The normalized spacial score (nSPS) is 12.3. The van der Waals surface area contributed by atoms with Gasteiger partial charge in [-0.15, -0.1) is 0 Å². The third kappa shape index (κ3) is 52.3. The first-order valence-electron chi connectivity index (χ1n) is 28.6. The van der Waals surface area contributed by atoms with E-state index < -0.39 is 6.10 Å². The molecule has 1 atom stereocenters. The van der Waals surface area contributed by atoms with Gasteiger partial charge in [0.05, 0.1) is 0 Å². The predicted octanol–water partition coefficient (Wildman–Crippen LogP) is 19.0. The highest BCUT2D eigenvalue weighted by atomic mass is 16.6. The van der Waals surface area contributed by atoms with Gasteiger partial charge in [0, 0.05) is 19.3 Å². The Kier molecular flexibility index (Phi) is 52.8. The number of hydrogen-bond acceptors (Lipinski definition) is 6. The first kappa shape index (κ1) is 63.4. The highest BCUT2D eigenvalue weighted by Gasteiger charge is 2.19. The van der Waals surface area contributed by atoms with Gasteiger partial charge in [-0.25, -0.2) is 0 Å². The highest BCUT2D eigenvalue weighted by molar-refractivity contribution is 5.71. The van der Waals surface area contributed by atoms with E-state index in [1.165, 1.54) is 161 Å². The second-order valence-electron chi connectivity index (χ2n) is 19.2. The van der Waals surface area contributed by atoms with E-state index in [2.05, 4.69) is 69.4 Å². The molecule has 0 bridgehead atoms. The smallest absolute Gasteiger partial charge is 0.306 e. The van der Waals surface area contributed by atoms with Crippen LogP contribution in [0.4, 0.5) is 0 Å². The zero-order valence-corrected chi connectivity index (χ0v) is 44.0. The molecule has 0 saturated heterocycles. The SMILES string of the molecule is CC/C=C\C/C=C\C/C=C\C/C=C\CCCCCCC(=O)O[C@@H](COC(=O)CCCCCCCCCCCCCC)COC(=O)CCCCCCCCCCCCCCCCCCCCC. The number of hydrogen-bond donors (Lipinski definition) is 0. The third-order valence-electron chi connectivity index (χ3n) is 12.6. The Labute approximate surface area is 409 Å². The van der Waals surface area contributed by atoms with Gasteiger partial charge in [-0.2, -0.15) is 0 Å². The van der Waals surface area contributed by atoms with Crippen LogP contribution in [0.25, 0.3) is 0 Å². The van der Waals surface area contributed by atoms with Crippen LogP contribution in [-0.4, -0.2) is 37.2 Å². The van der Waals surface area contributed by atoms with Crippen LogP contribution in [0.1, 0.15) is 297 Å². The summed E-state index contributed by atoms with van der Waals surface area (Å²) in [7, 11) is 0. The van der Waals surface area contributed by atoms with E-state index in [1.54, 1.807) is 0 Å². The number of carbonyl (C=O) groups excluding carboxylic acids is 3. The Bertz CT molecular complexity index is 1150. The van der Waals surface area contributed by atoms with Crippen molar-refractivity contribution in [1.82, 2.24) is 0 Å². The van der Waals surface area contributed by atoms with Gasteiger partial charge < -0.3 is 14.2 Å². The Morgan fingerprint density at radius 3 is 0.924 bits per heavy atom. The van der Waals surface area contributed by atoms with Crippen molar-refractivity contribution in [3.8, 4) is 0 Å². The fraction of sp³-hybridized carbons (Fsp3) is 0.817. The maximum Gasteiger partial charge on any atom is 0.306 e. The van der Waals surface area contributed by atoms with Gasteiger partial charge in [-0.05, 0) is 57.8 Å². The molecule has 0 saturated carbocycles. The topological polar surface area (TPSA) is 78.9 Å². The minimum absolute atomic E-state index is 0.0789. The summed E-state index contributed by atoms with van der Waals surface area (Å²) in [4.78, 5) is 38.1. The minimum Gasteiger partial charge on any atom is -0.462 e. The summed E-state index contributed by atoms with van der Waals surface area (Å²) in [5.74, 6) is -0.887. The molecular weight excluding hydrogens is 817 g/mol. The molecule has 0 fully saturated rings. The molecule has 0 aliphatic heterocycles. The Morgan fingerprint density at radius 1 is 0.318 bits per heavy atom. The zero-order valence-electron chi connectivity index (χ0n) is 44.0. The predicted molar refractivity (Wildman–Crippen MR) is 284 cm³/mol. The summed E-state index contributed by atoms with van der Waals surface area (Å²) in [5, 5.41) is 0. The lowest BCUT2D eigenvalue weighted by Gasteiger charge is -2.18. The average molecular weight is 926 g/mol. The molecule has 0 N–H and O–H groups in total. The molecule has 0 amide bonds. The number of rotatable bonds is 52. The van der Waals surface area contributed by atoms with Gasteiger partial charge in [0.2, 0.25) is 0 Å². The lowest BCUT2D eigenvalue weighted by molar-refractivity contribution is -0.167. The van der Waals surface area contributed by atoms with Gasteiger partial charge in [-0.3, -0.25) is 14.4 Å². The van der Waals surface area contributed by atoms with Crippen molar-refractivity contribution in [3.05, 3.63) is 48.6 Å². The highest BCUT2D eigenvalue weighted by Crippen LogP contribution is 2.17. The van der Waals surface area contributed by atoms with Gasteiger partial charge in [-0.1, -0.05) is 268 Å². The van der Waals surface area contributed by atoms with Crippen molar-refractivity contribution in [2.75, 3.05) is 13.2 Å². The van der Waals surface area contributed by atoms with E-state index in [9.17, 15) is 14.4 Å². The molecule has 0 heterocycles. The van der Waals surface area contributed by atoms with Crippen LogP contribution in [0.5, 0.6) is 0 Å². The molecule has 0 unspecified atom stereocenters. The van der Waals surface area contributed by atoms with Crippen molar-refractivity contribution in [2.45, 2.75) is 303 Å². The van der Waals surface area contributed by atoms with Crippen LogP contribution < -0.4 is 0 Å². The minimum atomic E-state index is -0.782. The summed E-state index contributed by atoms with van der Waals surface area (Å²) in [6.07, 6.45) is 66.7. The van der Waals surface area contributed by atoms with Gasteiger partial charge in [0.15, 0.2) is 6.10 Å². The zero-order chi connectivity index (χ0) is 47.9. The van der Waals surface area contributed by atoms with E-state index in [0.29, 0.717) is 19.3 Å². The summed E-state index contributed by atoms with van der Waals surface area (Å²) in [6.45, 7) is 6.54. The van der Waals surface area contributed by atoms with Crippen molar-refractivity contribution >= 4 is 17.9 Å². The fourth-order valence-electron chi connectivity index (χ4n) is 8.32. The van der Waals surface area contributed by atoms with E-state index in [-0.39, 0.29) is 31.1 Å². The molecule has 0 aliphatic carbocycles. The number of ether oxygens (including phenoxy) is 3. The van der Waals surface area contributed by atoms with Crippen LogP contribution in [0, 0.1) is 0 Å². The lowest BCUT2D eigenvalue weighted by Crippen LogP contribution is -2.30. The van der Waals surface area contributed by atoms with Gasteiger partial charge >= 0.3 is 17.9 Å². The molecule has 0 radical (unpaired) electrons. The second kappa shape index (κ2) is 55.0. The van der Waals surface area contributed by atoms with Crippen molar-refractivity contribution in [1.29, 1.82) is 0 Å². The van der Waals surface area contributed by atoms with E-state index in [4.69, 9.17) is 14.2 Å². The van der Waals surface area contributed by atoms with Gasteiger partial charge in [0.1, 0.15) is 13.2 Å². The molecule has 0 aromatic heterocycles. The van der Waals surface area contributed by atoms with Crippen LogP contribution >= 0.6 is 0 Å². The summed E-state index contributed by atoms with van der Waals surface area (Å²) in [5.41, 5.74) is 0. The summed E-state index contributed by atoms with van der Waals surface area (Å²) >= 11 is 0. The van der Waals surface area contributed by atoms with Crippen molar-refractivity contribution < 1.29 is 28.6 Å². The number of carbonyl (C=O) groups is 3. The molecule has 0 spiro atoms. The van der Waals surface area contributed by atoms with Crippen LogP contribution in [0.15, 0.2) is 48.6 Å². The molecule has 6 nitrogen and oxygen atoms in total. The van der Waals surface area contributed by atoms with Gasteiger partial charge in [0.25, 0.3) is 0 Å². The summed E-state index contributed by atoms with van der Waals surface area (Å²) in [6, 6.07) is 0. The Balaban J connectivity index is 4.34. The molecule has 0 aromatic rings. The molecule has 0 rings (SSSR count). The second-order valence-corrected chi connectivity index (χ2v) is 19.2. The van der Waals surface area contributed by atoms with Crippen LogP contribution in [0.3, 0.4) is 0 Å². The fourth-order valence-corrected chi connectivity index (χ4v) is 8.32. The molecule has 6 heteroatoms. The van der Waals surface area contributed by atoms with E-state index >= 15 is 0 Å². The molecule has 66 heavy (non-hydrogen) atoms.